The van der Waals surface area contributed by atoms with Gasteiger partial charge in [0.15, 0.2) is 0 Å². The maximum absolute atomic E-state index is 3.31. The summed E-state index contributed by atoms with van der Waals surface area (Å²) in [4.78, 5) is 4.67. The van der Waals surface area contributed by atoms with Crippen molar-refractivity contribution in [1.29, 1.82) is 0 Å². The van der Waals surface area contributed by atoms with E-state index in [9.17, 15) is 0 Å². The molecule has 0 aliphatic carbocycles. The zero-order chi connectivity index (χ0) is 9.68. The summed E-state index contributed by atoms with van der Waals surface area (Å²) in [5.41, 5.74) is 0. The van der Waals surface area contributed by atoms with Crippen molar-refractivity contribution in [3.63, 3.8) is 0 Å². The average Bonchev–Trinajstić information content (AvgIpc) is 1.98. The molecule has 1 aliphatic rings. The summed E-state index contributed by atoms with van der Waals surface area (Å²) in [6.07, 6.45) is 1.36. The van der Waals surface area contributed by atoms with Gasteiger partial charge in [-0.15, -0.1) is 0 Å². The number of hydrogen-bond acceptors (Lipinski definition) is 3. The van der Waals surface area contributed by atoms with Crippen LogP contribution in [0, 0.1) is 5.92 Å². The lowest BCUT2D eigenvalue weighted by molar-refractivity contribution is 0.238. The average molecular weight is 185 g/mol. The molecule has 3 heteroatoms. The van der Waals surface area contributed by atoms with Crippen LogP contribution >= 0.6 is 0 Å². The van der Waals surface area contributed by atoms with E-state index in [0.717, 1.165) is 5.92 Å². The fraction of sp³-hybridized carbons (Fsp3) is 1.00. The molecule has 0 aromatic rings. The predicted molar refractivity (Wildman–Crippen MR) is 57.0 cm³/mol. The molecule has 78 valence electrons. The normalized spacial score (nSPS) is 18.2. The molecule has 1 aliphatic heterocycles. The van der Waals surface area contributed by atoms with E-state index >= 15 is 0 Å². The number of rotatable bonds is 6. The minimum atomic E-state index is 0.946. The maximum atomic E-state index is 3.31. The third kappa shape index (κ3) is 4.60. The Balaban J connectivity index is 1.93. The minimum Gasteiger partial charge on any atom is -0.316 e. The van der Waals surface area contributed by atoms with Crippen molar-refractivity contribution in [2.45, 2.75) is 6.42 Å². The largest absolute Gasteiger partial charge is 0.316 e. The minimum absolute atomic E-state index is 0.946. The van der Waals surface area contributed by atoms with Crippen molar-refractivity contribution < 1.29 is 0 Å². The Bertz CT molecular complexity index is 132. The monoisotopic (exact) mass is 185 g/mol. The zero-order valence-corrected chi connectivity index (χ0v) is 9.21. The molecule has 1 N–H and O–H groups in total. The van der Waals surface area contributed by atoms with Crippen LogP contribution in [0.1, 0.15) is 6.42 Å². The topological polar surface area (TPSA) is 18.5 Å². The predicted octanol–water partition coefficient (Wildman–Crippen LogP) is 0.0893. The molecular weight excluding hydrogens is 162 g/mol. The van der Waals surface area contributed by atoms with Gasteiger partial charge in [0, 0.05) is 13.1 Å². The maximum Gasteiger partial charge on any atom is 0.0106 e. The van der Waals surface area contributed by atoms with E-state index in [-0.39, 0.29) is 0 Å². The first-order valence-electron chi connectivity index (χ1n) is 5.22. The van der Waals surface area contributed by atoms with E-state index in [2.05, 4.69) is 36.3 Å². The van der Waals surface area contributed by atoms with Gasteiger partial charge in [-0.1, -0.05) is 0 Å². The van der Waals surface area contributed by atoms with Gasteiger partial charge in [0.1, 0.15) is 0 Å². The fourth-order valence-electron chi connectivity index (χ4n) is 1.44. The summed E-state index contributed by atoms with van der Waals surface area (Å²) >= 11 is 0. The summed E-state index contributed by atoms with van der Waals surface area (Å²) in [5.74, 6) is 0.946. The molecule has 0 aromatic carbocycles. The van der Waals surface area contributed by atoms with Crippen molar-refractivity contribution in [1.82, 2.24) is 15.1 Å². The van der Waals surface area contributed by atoms with Crippen LogP contribution in [0.3, 0.4) is 0 Å². The van der Waals surface area contributed by atoms with Crippen LogP contribution in [0.5, 0.6) is 0 Å². The molecule has 1 rings (SSSR count). The molecule has 0 aromatic heterocycles. The van der Waals surface area contributed by atoms with E-state index in [1.54, 1.807) is 0 Å². The van der Waals surface area contributed by atoms with Gasteiger partial charge < -0.3 is 15.1 Å². The lowest BCUT2D eigenvalue weighted by atomic mass is 9.99. The molecule has 13 heavy (non-hydrogen) atoms. The van der Waals surface area contributed by atoms with Crippen LogP contribution in [0.25, 0.3) is 0 Å². The molecule has 0 radical (unpaired) electrons. The number of nitrogens with one attached hydrogen (secondary N) is 1. The SMILES string of the molecule is CN(C)CCN(C)CCC1CNC1. The highest BCUT2D eigenvalue weighted by molar-refractivity contribution is 4.75. The van der Waals surface area contributed by atoms with Crippen molar-refractivity contribution in [3.8, 4) is 0 Å². The van der Waals surface area contributed by atoms with E-state index in [0.29, 0.717) is 0 Å². The van der Waals surface area contributed by atoms with Crippen LogP contribution in [0.15, 0.2) is 0 Å². The Morgan fingerprint density at radius 1 is 1.08 bits per heavy atom. The van der Waals surface area contributed by atoms with Crippen LogP contribution in [0.4, 0.5) is 0 Å². The molecule has 0 atom stereocenters. The number of hydrogen-bond donors (Lipinski definition) is 1. The first kappa shape index (κ1) is 11.0. The lowest BCUT2D eigenvalue weighted by Gasteiger charge is -2.29. The standard InChI is InChI=1S/C10H23N3/c1-12(2)6-7-13(3)5-4-10-8-11-9-10/h10-11H,4-9H2,1-3H3. The second-order valence-electron chi connectivity index (χ2n) is 4.42. The van der Waals surface area contributed by atoms with Crippen molar-refractivity contribution in [2.75, 3.05) is 53.9 Å². The first-order valence-corrected chi connectivity index (χ1v) is 5.22. The highest BCUT2D eigenvalue weighted by Gasteiger charge is 2.16. The van der Waals surface area contributed by atoms with E-state index < -0.39 is 0 Å². The molecule has 0 spiro atoms. The molecule has 1 fully saturated rings. The summed E-state index contributed by atoms with van der Waals surface area (Å²) < 4.78 is 0. The molecule has 0 saturated carbocycles. The Labute approximate surface area is 82.1 Å². The Morgan fingerprint density at radius 2 is 1.77 bits per heavy atom. The molecule has 0 bridgehead atoms. The highest BCUT2D eigenvalue weighted by atomic mass is 15.1. The third-order valence-corrected chi connectivity index (χ3v) is 2.71. The molecule has 1 heterocycles. The highest BCUT2D eigenvalue weighted by Crippen LogP contribution is 2.08. The van der Waals surface area contributed by atoms with Gasteiger partial charge in [-0.3, -0.25) is 0 Å². The molecule has 3 nitrogen and oxygen atoms in total. The lowest BCUT2D eigenvalue weighted by Crippen LogP contribution is -2.43. The number of likely N-dealkylation sites (N-methyl/N-ethyl adjacent to an activating group) is 2. The molecule has 1 saturated heterocycles. The molecule has 0 amide bonds. The Kier molecular flexibility index (Phi) is 4.70. The second-order valence-corrected chi connectivity index (χ2v) is 4.42. The van der Waals surface area contributed by atoms with E-state index in [1.165, 1.54) is 39.1 Å². The Morgan fingerprint density at radius 3 is 2.23 bits per heavy atom. The van der Waals surface area contributed by atoms with Gasteiger partial charge in [0.05, 0.1) is 0 Å². The molecular formula is C10H23N3. The van der Waals surface area contributed by atoms with Gasteiger partial charge in [-0.2, -0.15) is 0 Å². The van der Waals surface area contributed by atoms with Crippen LogP contribution in [-0.4, -0.2) is 63.7 Å². The van der Waals surface area contributed by atoms with Crippen LogP contribution < -0.4 is 5.32 Å². The van der Waals surface area contributed by atoms with Crippen LogP contribution in [-0.2, 0) is 0 Å². The second kappa shape index (κ2) is 5.58. The van der Waals surface area contributed by atoms with Gasteiger partial charge in [0.25, 0.3) is 0 Å². The molecule has 0 unspecified atom stereocenters. The van der Waals surface area contributed by atoms with Gasteiger partial charge >= 0.3 is 0 Å². The van der Waals surface area contributed by atoms with Gasteiger partial charge in [-0.25, -0.2) is 0 Å². The quantitative estimate of drug-likeness (QED) is 0.633. The number of nitrogens with zero attached hydrogens (tertiary/aromatic N) is 2. The van der Waals surface area contributed by atoms with E-state index in [1.807, 2.05) is 0 Å². The summed E-state index contributed by atoms with van der Waals surface area (Å²) in [6.45, 7) is 6.08. The van der Waals surface area contributed by atoms with Gasteiger partial charge in [-0.05, 0) is 53.1 Å². The zero-order valence-electron chi connectivity index (χ0n) is 9.21. The first-order chi connectivity index (χ1) is 6.18. The van der Waals surface area contributed by atoms with Gasteiger partial charge in [0.2, 0.25) is 0 Å². The summed E-state index contributed by atoms with van der Waals surface area (Å²) in [5, 5.41) is 3.31. The van der Waals surface area contributed by atoms with Crippen molar-refractivity contribution in [3.05, 3.63) is 0 Å². The van der Waals surface area contributed by atoms with Crippen molar-refractivity contribution in [2.24, 2.45) is 5.92 Å². The summed E-state index contributed by atoms with van der Waals surface area (Å²) in [6, 6.07) is 0. The smallest absolute Gasteiger partial charge is 0.0106 e. The third-order valence-electron chi connectivity index (χ3n) is 2.71. The fourth-order valence-corrected chi connectivity index (χ4v) is 1.44. The van der Waals surface area contributed by atoms with E-state index in [4.69, 9.17) is 0 Å². The van der Waals surface area contributed by atoms with Crippen molar-refractivity contribution >= 4 is 0 Å². The Hall–Kier alpha value is -0.120. The summed E-state index contributed by atoms with van der Waals surface area (Å²) in [7, 11) is 6.48. The van der Waals surface area contributed by atoms with Crippen LogP contribution in [0.2, 0.25) is 0 Å².